The van der Waals surface area contributed by atoms with E-state index >= 15 is 4.79 Å². The Bertz CT molecular complexity index is 2770. The molecule has 6 rings (SSSR count). The third-order valence-electron chi connectivity index (χ3n) is 13.7. The molecule has 3 aromatic carbocycles. The number of rotatable bonds is 26. The molecule has 462 valence electrons. The van der Waals surface area contributed by atoms with Crippen molar-refractivity contribution in [2.45, 2.75) is 173 Å². The first-order valence-corrected chi connectivity index (χ1v) is 28.2. The van der Waals surface area contributed by atoms with E-state index in [0.717, 1.165) is 44.4 Å². The van der Waals surface area contributed by atoms with Crippen molar-refractivity contribution in [3.05, 3.63) is 108 Å². The Balaban J connectivity index is 1.35. The van der Waals surface area contributed by atoms with Gasteiger partial charge in [0.15, 0.2) is 18.5 Å². The Morgan fingerprint density at radius 3 is 1.61 bits per heavy atom. The Morgan fingerprint density at radius 2 is 1.11 bits per heavy atom. The second-order valence-electron chi connectivity index (χ2n) is 21.8. The fourth-order valence-corrected chi connectivity index (χ4v) is 9.94. The molecule has 25 heteroatoms. The van der Waals surface area contributed by atoms with Crippen molar-refractivity contribution in [2.24, 2.45) is 0 Å². The molecule has 6 amide bonds. The number of amides is 6. The van der Waals surface area contributed by atoms with Gasteiger partial charge in [0.2, 0.25) is 29.5 Å². The summed E-state index contributed by atoms with van der Waals surface area (Å²) < 4.78 is 52.4. The minimum Gasteiger partial charge on any atom is -0.463 e. The maximum atomic E-state index is 15.3. The summed E-state index contributed by atoms with van der Waals surface area (Å²) in [6.07, 6.45) is -7.72. The minimum atomic E-state index is -1.84. The molecule has 3 fully saturated rings. The number of carbonyl (C=O) groups excluding carboxylic acids is 10. The van der Waals surface area contributed by atoms with E-state index in [1.807, 2.05) is 42.5 Å². The molecule has 85 heavy (non-hydrogen) atoms. The van der Waals surface area contributed by atoms with Gasteiger partial charge in [-0.3, -0.25) is 38.4 Å². The van der Waals surface area contributed by atoms with E-state index in [1.165, 1.54) is 16.7 Å². The number of likely N-dealkylation sites (tertiary alicyclic amines) is 2. The number of benzene rings is 3. The van der Waals surface area contributed by atoms with Crippen LogP contribution in [0.4, 0.5) is 4.79 Å². The zero-order valence-corrected chi connectivity index (χ0v) is 49.1. The summed E-state index contributed by atoms with van der Waals surface area (Å²) in [5.74, 6) is -7.25. The highest BCUT2D eigenvalue weighted by Gasteiger charge is 2.53. The fraction of sp³-hybridized carbons (Fsp3) is 0.533. The molecular weight excluding hydrogens is 1110 g/mol. The van der Waals surface area contributed by atoms with Crippen LogP contribution >= 0.6 is 0 Å². The molecule has 3 aromatic rings. The van der Waals surface area contributed by atoms with Gasteiger partial charge in [-0.15, -0.1) is 0 Å². The van der Waals surface area contributed by atoms with Gasteiger partial charge >= 0.3 is 30.0 Å². The van der Waals surface area contributed by atoms with Crippen LogP contribution in [0.25, 0.3) is 0 Å². The van der Waals surface area contributed by atoms with Crippen molar-refractivity contribution in [3.8, 4) is 0 Å². The number of ether oxygens (including phenoxy) is 9. The van der Waals surface area contributed by atoms with Gasteiger partial charge in [-0.1, -0.05) is 91.0 Å². The van der Waals surface area contributed by atoms with E-state index in [1.54, 1.807) is 69.3 Å². The molecule has 0 aliphatic carbocycles. The van der Waals surface area contributed by atoms with Crippen LogP contribution in [0, 0.1) is 0 Å². The van der Waals surface area contributed by atoms with Crippen LogP contribution in [0.3, 0.4) is 0 Å². The van der Waals surface area contributed by atoms with Gasteiger partial charge in [-0.05, 0) is 70.1 Å². The number of nitrogens with zero attached hydrogens (tertiary/aromatic N) is 2. The molecule has 0 aromatic heterocycles. The number of hydrogen-bond donors (Lipinski definition) is 4. The SMILES string of the molecule is CC(=O)N[C@H]1[C@H](O[C@H](C)[C@H](NC(=O)[C@@H]2CCCN2C(=O)[C@H](COCc2ccccc2)NC(=O)OC(C)(C)C)C(=O)N[C@@H](COCc2ccccc2)C(=O)N2CCC[C@H]2C(=O)OCc2ccccc2)O[C@H](COC(C)=O)[C@@H](OC(C)=O)[C@@H]1OC(C)=O. The van der Waals surface area contributed by atoms with Crippen molar-refractivity contribution in [3.63, 3.8) is 0 Å². The summed E-state index contributed by atoms with van der Waals surface area (Å²) in [5, 5.41) is 10.7. The molecule has 3 saturated heterocycles. The van der Waals surface area contributed by atoms with Crippen LogP contribution in [0.5, 0.6) is 0 Å². The maximum Gasteiger partial charge on any atom is 0.408 e. The molecular formula is C60H78N6O19. The van der Waals surface area contributed by atoms with Crippen molar-refractivity contribution in [1.29, 1.82) is 0 Å². The van der Waals surface area contributed by atoms with E-state index in [2.05, 4.69) is 21.3 Å². The molecule has 0 radical (unpaired) electrons. The highest BCUT2D eigenvalue weighted by molar-refractivity contribution is 5.96. The van der Waals surface area contributed by atoms with Gasteiger partial charge in [0.25, 0.3) is 0 Å². The predicted octanol–water partition coefficient (Wildman–Crippen LogP) is 3.07. The lowest BCUT2D eigenvalue weighted by atomic mass is 9.95. The third-order valence-corrected chi connectivity index (χ3v) is 13.7. The van der Waals surface area contributed by atoms with Gasteiger partial charge in [0.05, 0.1) is 32.5 Å². The summed E-state index contributed by atoms with van der Waals surface area (Å²) in [6.45, 7) is 9.44. The summed E-state index contributed by atoms with van der Waals surface area (Å²) in [5.41, 5.74) is 1.29. The monoisotopic (exact) mass is 1190 g/mol. The summed E-state index contributed by atoms with van der Waals surface area (Å²) >= 11 is 0. The Kier molecular flexibility index (Phi) is 24.7. The molecule has 0 saturated carbocycles. The topological polar surface area (TPSA) is 308 Å². The molecule has 0 bridgehead atoms. The van der Waals surface area contributed by atoms with Gasteiger partial charge in [-0.25, -0.2) is 9.59 Å². The lowest BCUT2D eigenvalue weighted by Crippen LogP contribution is -2.68. The zero-order chi connectivity index (χ0) is 61.8. The van der Waals surface area contributed by atoms with Crippen molar-refractivity contribution in [1.82, 2.24) is 31.1 Å². The standard InChI is InChI=1S/C60H78N6O19/c1-36(81-58-50(61-37(2)67)52(83-40(5)70)51(82-39(4)69)48(84-58)35-79-38(3)68)49(64-53(71)46-26-18-28-65(46)56(74)45(63-59(76)85-60(6,7)8)34-78-31-42-22-14-10-15-23-42)54(72)62-44(33-77-30-41-20-12-9-13-21-41)55(73)66-29-19-27-47(66)57(75)80-32-43-24-16-11-17-25-43/h9-17,20-25,36,44-52,58H,18-19,26-35H2,1-8H3,(H,61,67)(H,62,72)(H,63,76)(H,64,71)/t36-,44+,45+,46+,47+,48-,49+,50-,51-,52-,58-/m1/s1. The average molecular weight is 1190 g/mol. The lowest BCUT2D eigenvalue weighted by molar-refractivity contribution is -0.287. The lowest BCUT2D eigenvalue weighted by Gasteiger charge is -2.46. The molecule has 3 aliphatic rings. The van der Waals surface area contributed by atoms with Crippen LogP contribution in [-0.2, 0) is 106 Å². The molecule has 3 aliphatic heterocycles. The first-order valence-electron chi connectivity index (χ1n) is 28.2. The molecule has 11 atom stereocenters. The van der Waals surface area contributed by atoms with Crippen LogP contribution in [0.15, 0.2) is 91.0 Å². The number of carbonyl (C=O) groups is 10. The average Bonchev–Trinajstić information content (AvgIpc) is 2.67. The van der Waals surface area contributed by atoms with E-state index in [-0.39, 0.29) is 52.4 Å². The first-order chi connectivity index (χ1) is 40.5. The normalized spacial score (nSPS) is 21.6. The number of esters is 4. The molecule has 4 N–H and O–H groups in total. The largest absolute Gasteiger partial charge is 0.463 e. The van der Waals surface area contributed by atoms with Crippen LogP contribution in [0.2, 0.25) is 0 Å². The zero-order valence-electron chi connectivity index (χ0n) is 49.1. The predicted molar refractivity (Wildman–Crippen MR) is 299 cm³/mol. The second kappa shape index (κ2) is 31.8. The van der Waals surface area contributed by atoms with Crippen molar-refractivity contribution in [2.75, 3.05) is 32.9 Å². The number of hydrogen-bond acceptors (Lipinski definition) is 19. The Morgan fingerprint density at radius 1 is 0.612 bits per heavy atom. The van der Waals surface area contributed by atoms with Crippen LogP contribution in [-0.4, -0.2) is 175 Å². The quantitative estimate of drug-likeness (QED) is 0.0663. The van der Waals surface area contributed by atoms with Crippen molar-refractivity contribution < 1.29 is 90.6 Å². The van der Waals surface area contributed by atoms with Crippen molar-refractivity contribution >= 4 is 59.5 Å². The number of alkyl carbamates (subject to hydrolysis) is 1. The summed E-state index contributed by atoms with van der Waals surface area (Å²) in [7, 11) is 0. The van der Waals surface area contributed by atoms with Gasteiger partial charge in [-0.2, -0.15) is 0 Å². The van der Waals surface area contributed by atoms with Crippen LogP contribution < -0.4 is 21.3 Å². The van der Waals surface area contributed by atoms with Gasteiger partial charge in [0, 0.05) is 40.8 Å². The Hall–Kier alpha value is -8.00. The fourth-order valence-electron chi connectivity index (χ4n) is 9.94. The maximum absolute atomic E-state index is 15.3. The smallest absolute Gasteiger partial charge is 0.408 e. The molecule has 3 heterocycles. The minimum absolute atomic E-state index is 0.00870. The van der Waals surface area contributed by atoms with E-state index < -0.39 is 145 Å². The summed E-state index contributed by atoms with van der Waals surface area (Å²) in [4.78, 5) is 140. The second-order valence-corrected chi connectivity index (χ2v) is 21.8. The molecule has 25 nitrogen and oxygen atoms in total. The molecule has 0 spiro atoms. The number of nitrogens with one attached hydrogen (secondary N) is 4. The van der Waals surface area contributed by atoms with E-state index in [4.69, 9.17) is 42.6 Å². The van der Waals surface area contributed by atoms with Gasteiger partial charge < -0.3 is 73.7 Å². The van der Waals surface area contributed by atoms with Gasteiger partial charge in [0.1, 0.15) is 61.2 Å². The molecule has 0 unspecified atom stereocenters. The van der Waals surface area contributed by atoms with E-state index in [9.17, 15) is 43.2 Å². The third kappa shape index (κ3) is 20.4. The first kappa shape index (κ1) is 66.1. The highest BCUT2D eigenvalue weighted by Crippen LogP contribution is 2.30. The van der Waals surface area contributed by atoms with E-state index in [0.29, 0.717) is 12.8 Å². The Labute approximate surface area is 493 Å². The summed E-state index contributed by atoms with van der Waals surface area (Å²) in [6, 6.07) is 18.5. The van der Waals surface area contributed by atoms with Crippen LogP contribution in [0.1, 0.15) is 97.8 Å². The highest BCUT2D eigenvalue weighted by atomic mass is 16.7.